The molecule has 2 heterocycles. The topological polar surface area (TPSA) is 73.2 Å². The Morgan fingerprint density at radius 2 is 1.61 bits per heavy atom. The Kier molecular flexibility index (Phi) is 8.58. The first-order valence-corrected chi connectivity index (χ1v) is 13.8. The SMILES string of the molecule is CCCCN(CC(=O)N1c2ccccc2-n2cccc2C1c1cc(OC)ccc1OC)C(=O)COc1ccccc1. The number of ether oxygens (including phenoxy) is 3. The molecular formula is C33H35N3O5. The number of anilines is 1. The number of carbonyl (C=O) groups excluding carboxylic acids is 2. The summed E-state index contributed by atoms with van der Waals surface area (Å²) >= 11 is 0. The number of hydrogen-bond acceptors (Lipinski definition) is 5. The second-order valence-corrected chi connectivity index (χ2v) is 9.84. The smallest absolute Gasteiger partial charge is 0.260 e. The molecule has 1 aromatic heterocycles. The molecule has 0 radical (unpaired) electrons. The summed E-state index contributed by atoms with van der Waals surface area (Å²) in [4.78, 5) is 31.1. The minimum atomic E-state index is -0.513. The zero-order valence-corrected chi connectivity index (χ0v) is 23.7. The predicted octanol–water partition coefficient (Wildman–Crippen LogP) is 5.64. The monoisotopic (exact) mass is 553 g/mol. The van der Waals surface area contributed by atoms with E-state index in [-0.39, 0.29) is 25.0 Å². The number of hydrogen-bond donors (Lipinski definition) is 0. The Hall–Kier alpha value is -4.72. The van der Waals surface area contributed by atoms with E-state index in [1.165, 1.54) is 0 Å². The van der Waals surface area contributed by atoms with Crippen LogP contribution < -0.4 is 19.1 Å². The van der Waals surface area contributed by atoms with Crippen LogP contribution >= 0.6 is 0 Å². The number of benzene rings is 3. The Balaban J connectivity index is 1.52. The first kappa shape index (κ1) is 27.8. The van der Waals surface area contributed by atoms with Gasteiger partial charge in [-0.25, -0.2) is 0 Å². The van der Waals surface area contributed by atoms with Gasteiger partial charge in [-0.3, -0.25) is 14.5 Å². The van der Waals surface area contributed by atoms with Crippen LogP contribution in [0.3, 0.4) is 0 Å². The van der Waals surface area contributed by atoms with Gasteiger partial charge in [-0.2, -0.15) is 0 Å². The quantitative estimate of drug-likeness (QED) is 0.240. The van der Waals surface area contributed by atoms with Crippen molar-refractivity contribution in [3.8, 4) is 22.9 Å². The van der Waals surface area contributed by atoms with E-state index in [1.807, 2.05) is 79.0 Å². The average molecular weight is 554 g/mol. The Morgan fingerprint density at radius 1 is 0.854 bits per heavy atom. The fourth-order valence-electron chi connectivity index (χ4n) is 5.24. The van der Waals surface area contributed by atoms with Gasteiger partial charge >= 0.3 is 0 Å². The summed E-state index contributed by atoms with van der Waals surface area (Å²) in [6.07, 6.45) is 3.66. The van der Waals surface area contributed by atoms with Gasteiger partial charge in [0, 0.05) is 18.3 Å². The second-order valence-electron chi connectivity index (χ2n) is 9.84. The van der Waals surface area contributed by atoms with Gasteiger partial charge in [0.05, 0.1) is 31.3 Å². The summed E-state index contributed by atoms with van der Waals surface area (Å²) in [6.45, 7) is 2.28. The highest BCUT2D eigenvalue weighted by Crippen LogP contribution is 2.45. The fourth-order valence-corrected chi connectivity index (χ4v) is 5.24. The van der Waals surface area contributed by atoms with Crippen LogP contribution in [0.1, 0.15) is 37.1 Å². The minimum Gasteiger partial charge on any atom is -0.497 e. The molecule has 0 saturated carbocycles. The van der Waals surface area contributed by atoms with Crippen LogP contribution in [0, 0.1) is 0 Å². The number of para-hydroxylation sites is 3. The Labute approximate surface area is 240 Å². The second kappa shape index (κ2) is 12.6. The van der Waals surface area contributed by atoms with Gasteiger partial charge in [0.25, 0.3) is 5.91 Å². The van der Waals surface area contributed by atoms with Crippen LogP contribution in [-0.2, 0) is 9.59 Å². The van der Waals surface area contributed by atoms with Crippen LogP contribution in [0.5, 0.6) is 17.2 Å². The van der Waals surface area contributed by atoms with Crippen molar-refractivity contribution in [1.82, 2.24) is 9.47 Å². The Morgan fingerprint density at radius 3 is 2.34 bits per heavy atom. The minimum absolute atomic E-state index is 0.0885. The zero-order valence-electron chi connectivity index (χ0n) is 23.7. The van der Waals surface area contributed by atoms with Crippen LogP contribution in [0.4, 0.5) is 5.69 Å². The summed E-state index contributed by atoms with van der Waals surface area (Å²) in [5.41, 5.74) is 3.33. The van der Waals surface area contributed by atoms with Gasteiger partial charge in [-0.15, -0.1) is 0 Å². The lowest BCUT2D eigenvalue weighted by atomic mass is 9.96. The molecule has 1 aliphatic rings. The van der Waals surface area contributed by atoms with E-state index in [0.717, 1.165) is 35.5 Å². The van der Waals surface area contributed by atoms with Gasteiger partial charge in [-0.05, 0) is 61.0 Å². The predicted molar refractivity (Wildman–Crippen MR) is 158 cm³/mol. The van der Waals surface area contributed by atoms with E-state index in [4.69, 9.17) is 14.2 Å². The molecule has 2 amide bonds. The molecule has 212 valence electrons. The maximum atomic E-state index is 14.4. The van der Waals surface area contributed by atoms with Crippen molar-refractivity contribution >= 4 is 17.5 Å². The molecule has 0 aliphatic carbocycles. The molecule has 1 atom stereocenters. The molecule has 41 heavy (non-hydrogen) atoms. The van der Waals surface area contributed by atoms with Gasteiger partial charge < -0.3 is 23.7 Å². The number of fused-ring (bicyclic) bond motifs is 3. The van der Waals surface area contributed by atoms with Crippen molar-refractivity contribution in [3.05, 3.63) is 102 Å². The van der Waals surface area contributed by atoms with E-state index in [9.17, 15) is 9.59 Å². The molecule has 4 aromatic rings. The highest BCUT2D eigenvalue weighted by atomic mass is 16.5. The molecule has 3 aromatic carbocycles. The van der Waals surface area contributed by atoms with Crippen molar-refractivity contribution in [1.29, 1.82) is 0 Å². The molecule has 8 heteroatoms. The number of aromatic nitrogens is 1. The van der Waals surface area contributed by atoms with Gasteiger partial charge in [0.1, 0.15) is 29.8 Å². The largest absolute Gasteiger partial charge is 0.497 e. The molecule has 5 rings (SSSR count). The molecule has 0 spiro atoms. The summed E-state index contributed by atoms with van der Waals surface area (Å²) in [5, 5.41) is 0. The van der Waals surface area contributed by atoms with Crippen molar-refractivity contribution in [3.63, 3.8) is 0 Å². The van der Waals surface area contributed by atoms with E-state index in [2.05, 4.69) is 11.5 Å². The van der Waals surface area contributed by atoms with E-state index < -0.39 is 6.04 Å². The van der Waals surface area contributed by atoms with Crippen molar-refractivity contribution in [2.24, 2.45) is 0 Å². The van der Waals surface area contributed by atoms with Crippen LogP contribution in [0.25, 0.3) is 5.69 Å². The molecule has 0 N–H and O–H groups in total. The summed E-state index contributed by atoms with van der Waals surface area (Å²) < 4.78 is 19.2. The number of unbranched alkanes of at least 4 members (excludes halogenated alkanes) is 1. The standard InChI is InChI=1S/C33H35N3O5/c1-4-5-19-34(32(38)23-41-24-12-7-6-8-13-24)22-31(37)36-28-15-10-9-14-27(28)35-20-11-16-29(35)33(36)26-21-25(39-2)17-18-30(26)40-3/h6-18,20-21,33H,4-5,19,22-23H2,1-3H3. The molecule has 0 fully saturated rings. The van der Waals surface area contributed by atoms with Gasteiger partial charge in [-0.1, -0.05) is 43.7 Å². The molecule has 0 saturated heterocycles. The van der Waals surface area contributed by atoms with E-state index in [0.29, 0.717) is 23.8 Å². The number of nitrogens with zero attached hydrogens (tertiary/aromatic N) is 3. The number of amides is 2. The van der Waals surface area contributed by atoms with Gasteiger partial charge in [0.2, 0.25) is 5.91 Å². The number of rotatable bonds is 11. The fraction of sp³-hybridized carbons (Fsp3) is 0.273. The van der Waals surface area contributed by atoms with Crippen molar-refractivity contribution in [2.45, 2.75) is 25.8 Å². The van der Waals surface area contributed by atoms with Crippen molar-refractivity contribution < 1.29 is 23.8 Å². The normalized spacial score (nSPS) is 13.6. The maximum Gasteiger partial charge on any atom is 0.260 e. The molecule has 1 aliphatic heterocycles. The first-order chi connectivity index (χ1) is 20.0. The third-order valence-corrected chi connectivity index (χ3v) is 7.29. The van der Waals surface area contributed by atoms with Crippen LogP contribution in [0.2, 0.25) is 0 Å². The third kappa shape index (κ3) is 5.77. The van der Waals surface area contributed by atoms with Crippen LogP contribution in [0.15, 0.2) is 91.1 Å². The zero-order chi connectivity index (χ0) is 28.8. The van der Waals surface area contributed by atoms with Crippen LogP contribution in [-0.4, -0.2) is 55.2 Å². The number of methoxy groups -OCH3 is 2. The lowest BCUT2D eigenvalue weighted by molar-refractivity contribution is -0.137. The summed E-state index contributed by atoms with van der Waals surface area (Å²) in [6, 6.07) is 26.1. The summed E-state index contributed by atoms with van der Waals surface area (Å²) in [5.74, 6) is 1.46. The first-order valence-electron chi connectivity index (χ1n) is 13.8. The average Bonchev–Trinajstić information content (AvgIpc) is 3.51. The lowest BCUT2D eigenvalue weighted by Crippen LogP contribution is -2.48. The van der Waals surface area contributed by atoms with Gasteiger partial charge in [0.15, 0.2) is 6.61 Å². The third-order valence-electron chi connectivity index (χ3n) is 7.29. The highest BCUT2D eigenvalue weighted by Gasteiger charge is 2.38. The van der Waals surface area contributed by atoms with E-state index in [1.54, 1.807) is 36.2 Å². The summed E-state index contributed by atoms with van der Waals surface area (Å²) in [7, 11) is 3.23. The lowest BCUT2D eigenvalue weighted by Gasteiger charge is -2.40. The number of carbonyl (C=O) groups is 2. The molecular weight excluding hydrogens is 518 g/mol. The van der Waals surface area contributed by atoms with Crippen molar-refractivity contribution in [2.75, 3.05) is 38.8 Å². The molecule has 1 unspecified atom stereocenters. The maximum absolute atomic E-state index is 14.4. The molecule has 8 nitrogen and oxygen atoms in total. The molecule has 0 bridgehead atoms. The highest BCUT2D eigenvalue weighted by molar-refractivity contribution is 6.00. The van der Waals surface area contributed by atoms with E-state index >= 15 is 0 Å². The Bertz CT molecular complexity index is 1500.